The summed E-state index contributed by atoms with van der Waals surface area (Å²) in [7, 11) is 1.45. The van der Waals surface area contributed by atoms with E-state index in [1.165, 1.54) is 18.4 Å². The number of aromatic nitrogens is 2. The lowest BCUT2D eigenvalue weighted by molar-refractivity contribution is -0.146. The summed E-state index contributed by atoms with van der Waals surface area (Å²) in [6.45, 7) is 2.73. The molecule has 4 nitrogen and oxygen atoms in total. The Hall–Kier alpha value is -2.10. The Kier molecular flexibility index (Phi) is 3.30. The fourth-order valence-electron chi connectivity index (χ4n) is 2.82. The molecule has 0 saturated carbocycles. The molecule has 20 heavy (non-hydrogen) atoms. The van der Waals surface area contributed by atoms with E-state index in [-0.39, 0.29) is 11.9 Å². The molecule has 104 valence electrons. The van der Waals surface area contributed by atoms with Crippen LogP contribution in [0.15, 0.2) is 30.5 Å². The van der Waals surface area contributed by atoms with Gasteiger partial charge in [0.05, 0.1) is 13.0 Å². The van der Waals surface area contributed by atoms with E-state index in [9.17, 15) is 4.79 Å². The molecule has 1 aromatic heterocycles. The van der Waals surface area contributed by atoms with Crippen LogP contribution in [-0.2, 0) is 22.5 Å². The van der Waals surface area contributed by atoms with E-state index >= 15 is 0 Å². The van der Waals surface area contributed by atoms with Gasteiger partial charge in [0.2, 0.25) is 0 Å². The normalized spacial score (nSPS) is 17.6. The van der Waals surface area contributed by atoms with Crippen molar-refractivity contribution in [2.75, 3.05) is 7.11 Å². The van der Waals surface area contributed by atoms with E-state index in [1.807, 2.05) is 12.3 Å². The Morgan fingerprint density at radius 2 is 2.30 bits per heavy atom. The first-order chi connectivity index (χ1) is 9.69. The number of ether oxygens (including phenoxy) is 1. The van der Waals surface area contributed by atoms with Crippen LogP contribution in [0.3, 0.4) is 0 Å². The molecule has 0 N–H and O–H groups in total. The third-order valence-electron chi connectivity index (χ3n) is 3.90. The highest BCUT2D eigenvalue weighted by Crippen LogP contribution is 2.28. The second-order valence-corrected chi connectivity index (χ2v) is 5.31. The van der Waals surface area contributed by atoms with Gasteiger partial charge in [-0.05, 0) is 25.8 Å². The Balaban J connectivity index is 1.97. The van der Waals surface area contributed by atoms with Crippen molar-refractivity contribution in [2.45, 2.75) is 26.3 Å². The first-order valence-corrected chi connectivity index (χ1v) is 6.88. The van der Waals surface area contributed by atoms with Gasteiger partial charge in [-0.15, -0.1) is 0 Å². The monoisotopic (exact) mass is 270 g/mol. The largest absolute Gasteiger partial charge is 0.469 e. The van der Waals surface area contributed by atoms with E-state index in [4.69, 9.17) is 4.74 Å². The molecule has 3 rings (SSSR count). The van der Waals surface area contributed by atoms with Gasteiger partial charge < -0.3 is 9.30 Å². The maximum atomic E-state index is 11.7. The lowest BCUT2D eigenvalue weighted by Crippen LogP contribution is -2.27. The van der Waals surface area contributed by atoms with Gasteiger partial charge in [-0.1, -0.05) is 23.8 Å². The standard InChI is InChI=1S/C16H18N2O2/c1-11-4-3-5-12(8-11)15-17-9-14-7-6-13(10-18(14)15)16(19)20-2/h3-5,8-9,13H,6-7,10H2,1-2H3. The van der Waals surface area contributed by atoms with Crippen molar-refractivity contribution < 1.29 is 9.53 Å². The number of imidazole rings is 1. The molecule has 1 aliphatic rings. The molecule has 0 saturated heterocycles. The predicted octanol–water partition coefficient (Wildman–Crippen LogP) is 2.59. The van der Waals surface area contributed by atoms with Crippen molar-refractivity contribution in [1.29, 1.82) is 0 Å². The number of rotatable bonds is 2. The molecule has 0 spiro atoms. The Morgan fingerprint density at radius 1 is 1.45 bits per heavy atom. The molecule has 1 atom stereocenters. The van der Waals surface area contributed by atoms with E-state index < -0.39 is 0 Å². The van der Waals surface area contributed by atoms with Crippen LogP contribution in [0.25, 0.3) is 11.4 Å². The molecule has 1 aliphatic heterocycles. The summed E-state index contributed by atoms with van der Waals surface area (Å²) in [6, 6.07) is 8.29. The predicted molar refractivity (Wildman–Crippen MR) is 76.2 cm³/mol. The van der Waals surface area contributed by atoms with Crippen molar-refractivity contribution in [3.8, 4) is 11.4 Å². The van der Waals surface area contributed by atoms with E-state index in [1.54, 1.807) is 0 Å². The summed E-state index contributed by atoms with van der Waals surface area (Å²) >= 11 is 0. The number of fused-ring (bicyclic) bond motifs is 1. The van der Waals surface area contributed by atoms with Crippen LogP contribution in [0.4, 0.5) is 0 Å². The molecule has 0 aliphatic carbocycles. The zero-order chi connectivity index (χ0) is 14.1. The SMILES string of the molecule is COC(=O)C1CCc2cnc(-c3cccc(C)c3)n2C1. The summed E-state index contributed by atoms with van der Waals surface area (Å²) in [5, 5.41) is 0. The highest BCUT2D eigenvalue weighted by Gasteiger charge is 2.27. The Bertz CT molecular complexity index is 646. The van der Waals surface area contributed by atoms with Crippen LogP contribution in [0.2, 0.25) is 0 Å². The van der Waals surface area contributed by atoms with Gasteiger partial charge in [-0.25, -0.2) is 4.98 Å². The first-order valence-electron chi connectivity index (χ1n) is 6.88. The van der Waals surface area contributed by atoms with Crippen LogP contribution in [-0.4, -0.2) is 22.6 Å². The lowest BCUT2D eigenvalue weighted by Gasteiger charge is -2.23. The smallest absolute Gasteiger partial charge is 0.310 e. The van der Waals surface area contributed by atoms with Gasteiger partial charge >= 0.3 is 5.97 Å². The lowest BCUT2D eigenvalue weighted by atomic mass is 9.98. The molecule has 4 heteroatoms. The third kappa shape index (κ3) is 2.22. The summed E-state index contributed by atoms with van der Waals surface area (Å²) in [5.41, 5.74) is 3.50. The minimum atomic E-state index is -0.125. The van der Waals surface area contributed by atoms with E-state index in [2.05, 4.69) is 34.7 Å². The maximum absolute atomic E-state index is 11.7. The number of benzene rings is 1. The molecule has 1 aromatic carbocycles. The molecule has 0 amide bonds. The van der Waals surface area contributed by atoms with Crippen LogP contribution in [0.5, 0.6) is 0 Å². The van der Waals surface area contributed by atoms with Gasteiger partial charge in [0.15, 0.2) is 0 Å². The summed E-state index contributed by atoms with van der Waals surface area (Å²) < 4.78 is 7.03. The quantitative estimate of drug-likeness (QED) is 0.788. The number of hydrogen-bond acceptors (Lipinski definition) is 3. The average Bonchev–Trinajstić information content (AvgIpc) is 2.89. The Morgan fingerprint density at radius 3 is 3.05 bits per heavy atom. The molecule has 0 radical (unpaired) electrons. The van der Waals surface area contributed by atoms with Crippen molar-refractivity contribution >= 4 is 5.97 Å². The topological polar surface area (TPSA) is 44.1 Å². The number of hydrogen-bond donors (Lipinski definition) is 0. The summed E-state index contributed by atoms with van der Waals surface area (Å²) in [6.07, 6.45) is 3.63. The highest BCUT2D eigenvalue weighted by molar-refractivity contribution is 5.72. The van der Waals surface area contributed by atoms with E-state index in [0.29, 0.717) is 6.54 Å². The first kappa shape index (κ1) is 12.9. The molecule has 1 unspecified atom stereocenters. The molecule has 0 fully saturated rings. The minimum absolute atomic E-state index is 0.0646. The van der Waals surface area contributed by atoms with Crippen molar-refractivity contribution in [1.82, 2.24) is 9.55 Å². The van der Waals surface area contributed by atoms with Crippen molar-refractivity contribution in [3.63, 3.8) is 0 Å². The fourth-order valence-corrected chi connectivity index (χ4v) is 2.82. The summed E-state index contributed by atoms with van der Waals surface area (Å²) in [5.74, 6) is 0.752. The average molecular weight is 270 g/mol. The van der Waals surface area contributed by atoms with Crippen molar-refractivity contribution in [2.24, 2.45) is 5.92 Å². The second kappa shape index (κ2) is 5.12. The molecule has 0 bridgehead atoms. The number of nitrogens with zero attached hydrogens (tertiary/aromatic N) is 2. The fraction of sp³-hybridized carbons (Fsp3) is 0.375. The van der Waals surface area contributed by atoms with Gasteiger partial charge in [0, 0.05) is 24.0 Å². The highest BCUT2D eigenvalue weighted by atomic mass is 16.5. The third-order valence-corrected chi connectivity index (χ3v) is 3.90. The number of carbonyl (C=O) groups is 1. The second-order valence-electron chi connectivity index (χ2n) is 5.31. The molecule has 2 aromatic rings. The van der Waals surface area contributed by atoms with Crippen molar-refractivity contribution in [3.05, 3.63) is 41.7 Å². The van der Waals surface area contributed by atoms with Crippen LogP contribution in [0.1, 0.15) is 17.7 Å². The zero-order valence-electron chi connectivity index (χ0n) is 11.8. The zero-order valence-corrected chi connectivity index (χ0v) is 11.8. The van der Waals surface area contributed by atoms with Gasteiger partial charge in [0.1, 0.15) is 5.82 Å². The number of aryl methyl sites for hydroxylation is 2. The van der Waals surface area contributed by atoms with Crippen LogP contribution < -0.4 is 0 Å². The van der Waals surface area contributed by atoms with Crippen LogP contribution in [0, 0.1) is 12.8 Å². The molecular weight excluding hydrogens is 252 g/mol. The van der Waals surface area contributed by atoms with Gasteiger partial charge in [-0.3, -0.25) is 4.79 Å². The van der Waals surface area contributed by atoms with Crippen LogP contribution >= 0.6 is 0 Å². The number of esters is 1. The van der Waals surface area contributed by atoms with Gasteiger partial charge in [0.25, 0.3) is 0 Å². The molecule has 2 heterocycles. The van der Waals surface area contributed by atoms with Gasteiger partial charge in [-0.2, -0.15) is 0 Å². The summed E-state index contributed by atoms with van der Waals surface area (Å²) in [4.78, 5) is 16.3. The van der Waals surface area contributed by atoms with E-state index in [0.717, 1.165) is 24.2 Å². The number of methoxy groups -OCH3 is 1. The number of carbonyl (C=O) groups excluding carboxylic acids is 1. The minimum Gasteiger partial charge on any atom is -0.469 e. The Labute approximate surface area is 118 Å². The molecular formula is C16H18N2O2. The maximum Gasteiger partial charge on any atom is 0.310 e.